The van der Waals surface area contributed by atoms with Crippen molar-refractivity contribution in [3.05, 3.63) is 20.8 Å². The van der Waals surface area contributed by atoms with Crippen LogP contribution in [-0.2, 0) is 11.3 Å². The van der Waals surface area contributed by atoms with E-state index in [1.807, 2.05) is 13.8 Å². The minimum atomic E-state index is -0.635. The Morgan fingerprint density at radius 3 is 2.58 bits per heavy atom. The molecule has 8 heteroatoms. The maximum absolute atomic E-state index is 11.6. The Morgan fingerprint density at radius 1 is 1.42 bits per heavy atom. The third-order valence-electron chi connectivity index (χ3n) is 2.43. The summed E-state index contributed by atoms with van der Waals surface area (Å²) >= 11 is 0. The molecule has 0 bridgehead atoms. The minimum absolute atomic E-state index is 0.00882. The van der Waals surface area contributed by atoms with E-state index < -0.39 is 11.2 Å². The van der Waals surface area contributed by atoms with Gasteiger partial charge in [0.25, 0.3) is 5.56 Å². The Hall–Kier alpha value is -2.25. The van der Waals surface area contributed by atoms with Crippen LogP contribution in [0.2, 0.25) is 0 Å². The molecule has 1 heterocycles. The molecule has 106 valence electrons. The third kappa shape index (κ3) is 3.60. The highest BCUT2D eigenvalue weighted by Gasteiger charge is 2.12. The molecular formula is C11H19N5O3. The minimum Gasteiger partial charge on any atom is -0.383 e. The summed E-state index contributed by atoms with van der Waals surface area (Å²) < 4.78 is 1.21. The molecule has 0 aliphatic rings. The lowest BCUT2D eigenvalue weighted by Crippen LogP contribution is -2.38. The van der Waals surface area contributed by atoms with Crippen LogP contribution in [0.3, 0.4) is 0 Å². The number of hydrogen-bond acceptors (Lipinski definition) is 5. The van der Waals surface area contributed by atoms with E-state index in [1.54, 1.807) is 6.92 Å². The second-order valence-electron chi connectivity index (χ2n) is 4.34. The number of aromatic nitrogens is 2. The molecule has 0 radical (unpaired) electrons. The van der Waals surface area contributed by atoms with Gasteiger partial charge in [-0.1, -0.05) is 0 Å². The lowest BCUT2D eigenvalue weighted by atomic mass is 10.3. The molecule has 0 unspecified atom stereocenters. The Labute approximate surface area is 110 Å². The summed E-state index contributed by atoms with van der Waals surface area (Å²) in [4.78, 5) is 36.7. The Balaban J connectivity index is 2.93. The lowest BCUT2D eigenvalue weighted by Gasteiger charge is -2.13. The molecule has 0 fully saturated rings. The molecule has 1 amide bonds. The molecule has 8 nitrogen and oxygen atoms in total. The Morgan fingerprint density at radius 2 is 2.05 bits per heavy atom. The second kappa shape index (κ2) is 6.07. The molecule has 0 saturated carbocycles. The number of H-pyrrole nitrogens is 1. The van der Waals surface area contributed by atoms with E-state index in [9.17, 15) is 14.4 Å². The number of aromatic amines is 1. The molecule has 0 spiro atoms. The summed E-state index contributed by atoms with van der Waals surface area (Å²) in [6.07, 6.45) is 0. The van der Waals surface area contributed by atoms with Crippen LogP contribution in [0.25, 0.3) is 0 Å². The zero-order valence-corrected chi connectivity index (χ0v) is 11.2. The number of nitrogens with one attached hydrogen (secondary N) is 3. The molecule has 1 aromatic heterocycles. The van der Waals surface area contributed by atoms with E-state index in [4.69, 9.17) is 5.73 Å². The topological polar surface area (TPSA) is 122 Å². The fourth-order valence-corrected chi connectivity index (χ4v) is 1.61. The van der Waals surface area contributed by atoms with Gasteiger partial charge in [-0.05, 0) is 20.8 Å². The van der Waals surface area contributed by atoms with Gasteiger partial charge in [-0.3, -0.25) is 19.1 Å². The fourth-order valence-electron chi connectivity index (χ4n) is 1.61. The molecule has 0 atom stereocenters. The average Bonchev–Trinajstić information content (AvgIpc) is 2.27. The molecule has 0 saturated heterocycles. The summed E-state index contributed by atoms with van der Waals surface area (Å²) in [7, 11) is 0. The highest BCUT2D eigenvalue weighted by atomic mass is 16.2. The van der Waals surface area contributed by atoms with Gasteiger partial charge in [0.15, 0.2) is 0 Å². The van der Waals surface area contributed by atoms with Crippen LogP contribution in [-0.4, -0.2) is 28.0 Å². The number of rotatable bonds is 5. The fraction of sp³-hybridized carbons (Fsp3) is 0.545. The maximum Gasteiger partial charge on any atom is 0.330 e. The van der Waals surface area contributed by atoms with E-state index in [0.717, 1.165) is 0 Å². The van der Waals surface area contributed by atoms with E-state index in [0.29, 0.717) is 6.54 Å². The Bertz CT molecular complexity index is 573. The van der Waals surface area contributed by atoms with Crippen molar-refractivity contribution in [2.75, 3.05) is 17.6 Å². The van der Waals surface area contributed by atoms with Crippen LogP contribution in [0, 0.1) is 0 Å². The van der Waals surface area contributed by atoms with Crippen LogP contribution in [0.15, 0.2) is 9.59 Å². The van der Waals surface area contributed by atoms with E-state index in [-0.39, 0.29) is 30.0 Å². The van der Waals surface area contributed by atoms with Gasteiger partial charge in [-0.25, -0.2) is 4.79 Å². The van der Waals surface area contributed by atoms with E-state index in [1.165, 1.54) is 4.57 Å². The van der Waals surface area contributed by atoms with Crippen molar-refractivity contribution in [2.45, 2.75) is 33.4 Å². The molecule has 1 aromatic rings. The normalized spacial score (nSPS) is 10.5. The van der Waals surface area contributed by atoms with Gasteiger partial charge in [-0.2, -0.15) is 0 Å². The summed E-state index contributed by atoms with van der Waals surface area (Å²) in [5, 5.41) is 5.32. The van der Waals surface area contributed by atoms with Crippen LogP contribution in [0.5, 0.6) is 0 Å². The van der Waals surface area contributed by atoms with E-state index >= 15 is 0 Å². The van der Waals surface area contributed by atoms with Crippen molar-refractivity contribution in [1.29, 1.82) is 0 Å². The van der Waals surface area contributed by atoms with Gasteiger partial charge in [0.2, 0.25) is 5.91 Å². The SMILES string of the molecule is CCn1c(N)c(NCC(=O)NC(C)C)c(=O)[nH]c1=O. The van der Waals surface area contributed by atoms with Crippen molar-refractivity contribution in [1.82, 2.24) is 14.9 Å². The number of nitrogens with zero attached hydrogens (tertiary/aromatic N) is 1. The summed E-state index contributed by atoms with van der Waals surface area (Å²) in [6.45, 7) is 5.62. The molecule has 1 rings (SSSR count). The average molecular weight is 269 g/mol. The summed E-state index contributed by atoms with van der Waals surface area (Å²) in [5.41, 5.74) is 4.56. The van der Waals surface area contributed by atoms with Crippen LogP contribution < -0.4 is 27.6 Å². The predicted molar refractivity (Wildman–Crippen MR) is 73.2 cm³/mol. The predicted octanol–water partition coefficient (Wildman–Crippen LogP) is -0.925. The van der Waals surface area contributed by atoms with Crippen LogP contribution in [0.1, 0.15) is 20.8 Å². The number of anilines is 2. The van der Waals surface area contributed by atoms with E-state index in [2.05, 4.69) is 15.6 Å². The van der Waals surface area contributed by atoms with Crippen molar-refractivity contribution in [3.8, 4) is 0 Å². The van der Waals surface area contributed by atoms with Crippen LogP contribution >= 0.6 is 0 Å². The second-order valence-corrected chi connectivity index (χ2v) is 4.34. The quantitative estimate of drug-likeness (QED) is 0.550. The van der Waals surface area contributed by atoms with Crippen molar-refractivity contribution in [2.24, 2.45) is 0 Å². The number of carbonyl (C=O) groups excluding carboxylic acids is 1. The number of nitrogens with two attached hydrogens (primary N) is 1. The molecule has 5 N–H and O–H groups in total. The largest absolute Gasteiger partial charge is 0.383 e. The maximum atomic E-state index is 11.6. The first kappa shape index (κ1) is 14.8. The monoisotopic (exact) mass is 269 g/mol. The Kier molecular flexibility index (Phi) is 4.74. The summed E-state index contributed by atoms with van der Waals surface area (Å²) in [5.74, 6) is -0.239. The first-order chi connectivity index (χ1) is 8.86. The first-order valence-electron chi connectivity index (χ1n) is 6.02. The van der Waals surface area contributed by atoms with Gasteiger partial charge < -0.3 is 16.4 Å². The van der Waals surface area contributed by atoms with Gasteiger partial charge in [0.05, 0.1) is 6.54 Å². The van der Waals surface area contributed by atoms with Crippen molar-refractivity contribution >= 4 is 17.4 Å². The van der Waals surface area contributed by atoms with Crippen molar-refractivity contribution in [3.63, 3.8) is 0 Å². The van der Waals surface area contributed by atoms with Gasteiger partial charge in [0.1, 0.15) is 11.5 Å². The first-order valence-corrected chi connectivity index (χ1v) is 6.02. The molecule has 0 aliphatic heterocycles. The highest BCUT2D eigenvalue weighted by Crippen LogP contribution is 2.08. The molecule has 19 heavy (non-hydrogen) atoms. The number of carbonyl (C=O) groups is 1. The standard InChI is InChI=1S/C11H19N5O3/c1-4-16-9(12)8(10(18)15-11(16)19)13-5-7(17)14-6(2)3/h6,13H,4-5,12H2,1-3H3,(H,14,17)(H,15,18,19). The van der Waals surface area contributed by atoms with Crippen LogP contribution in [0.4, 0.5) is 11.5 Å². The number of amides is 1. The highest BCUT2D eigenvalue weighted by molar-refractivity contribution is 5.81. The molecular weight excluding hydrogens is 250 g/mol. The number of nitrogen functional groups attached to an aromatic ring is 1. The van der Waals surface area contributed by atoms with Gasteiger partial charge in [-0.15, -0.1) is 0 Å². The lowest BCUT2D eigenvalue weighted by molar-refractivity contribution is -0.119. The molecule has 0 aromatic carbocycles. The third-order valence-corrected chi connectivity index (χ3v) is 2.43. The summed E-state index contributed by atoms with van der Waals surface area (Å²) in [6, 6.07) is 0.00882. The van der Waals surface area contributed by atoms with Gasteiger partial charge in [0, 0.05) is 12.6 Å². The number of hydrogen-bond donors (Lipinski definition) is 4. The molecule has 0 aliphatic carbocycles. The van der Waals surface area contributed by atoms with Gasteiger partial charge >= 0.3 is 5.69 Å². The van der Waals surface area contributed by atoms with Crippen molar-refractivity contribution < 1.29 is 4.79 Å². The smallest absolute Gasteiger partial charge is 0.330 e. The zero-order valence-electron chi connectivity index (χ0n) is 11.2. The zero-order chi connectivity index (χ0) is 14.6.